The molecule has 3 aliphatic rings. The molecule has 168 valence electrons. The first-order valence-corrected chi connectivity index (χ1v) is 12.5. The number of carbonyl (C=O) groups is 2. The zero-order valence-corrected chi connectivity index (χ0v) is 18.8. The van der Waals surface area contributed by atoms with Crippen LogP contribution in [0.15, 0.2) is 47.4 Å². The Morgan fingerprint density at radius 1 is 1.00 bits per heavy atom. The first kappa shape index (κ1) is 21.0. The minimum absolute atomic E-state index is 0.0470. The zero-order valence-electron chi connectivity index (χ0n) is 18.0. The molecule has 0 spiro atoms. The van der Waals surface area contributed by atoms with Gasteiger partial charge in [-0.3, -0.25) is 18.8 Å². The van der Waals surface area contributed by atoms with Crippen molar-refractivity contribution in [1.29, 1.82) is 0 Å². The van der Waals surface area contributed by atoms with E-state index >= 15 is 0 Å². The van der Waals surface area contributed by atoms with Crippen LogP contribution >= 0.6 is 0 Å². The number of amides is 2. The van der Waals surface area contributed by atoms with Crippen molar-refractivity contribution >= 4 is 27.5 Å². The van der Waals surface area contributed by atoms with Crippen LogP contribution in [0.1, 0.15) is 36.8 Å². The molecule has 2 fully saturated rings. The van der Waals surface area contributed by atoms with Crippen LogP contribution in [0.4, 0.5) is 5.69 Å². The molecule has 1 aliphatic carbocycles. The molecular weight excluding hydrogens is 428 g/mol. The molecule has 2 atom stereocenters. The van der Waals surface area contributed by atoms with Crippen LogP contribution in [0.25, 0.3) is 0 Å². The second kappa shape index (κ2) is 7.92. The van der Waals surface area contributed by atoms with Crippen molar-refractivity contribution in [1.82, 2.24) is 4.90 Å². The van der Waals surface area contributed by atoms with Gasteiger partial charge in [0.25, 0.3) is 10.0 Å². The third-order valence-corrected chi connectivity index (χ3v) is 8.75. The number of nitrogens with zero attached hydrogens (tertiary/aromatic N) is 2. The van der Waals surface area contributed by atoms with Gasteiger partial charge in [-0.05, 0) is 48.6 Å². The van der Waals surface area contributed by atoms with Gasteiger partial charge in [-0.15, -0.1) is 0 Å². The highest BCUT2D eigenvalue weighted by Crippen LogP contribution is 2.40. The molecule has 2 amide bonds. The van der Waals surface area contributed by atoms with E-state index in [0.29, 0.717) is 24.2 Å². The number of methoxy groups -OCH3 is 1. The van der Waals surface area contributed by atoms with Crippen LogP contribution < -0.4 is 9.04 Å². The molecule has 0 radical (unpaired) electrons. The number of para-hydroxylation sites is 1. The van der Waals surface area contributed by atoms with Gasteiger partial charge in [0.15, 0.2) is 0 Å². The van der Waals surface area contributed by atoms with Crippen molar-refractivity contribution in [3.05, 3.63) is 53.6 Å². The second-order valence-electron chi connectivity index (χ2n) is 8.70. The quantitative estimate of drug-likeness (QED) is 0.648. The number of sulfonamides is 1. The Hall–Kier alpha value is -2.87. The number of rotatable bonds is 5. The maximum Gasteiger partial charge on any atom is 0.268 e. The lowest BCUT2D eigenvalue weighted by Crippen LogP contribution is -2.31. The van der Waals surface area contributed by atoms with E-state index in [1.165, 1.54) is 22.4 Å². The van der Waals surface area contributed by atoms with E-state index in [4.69, 9.17) is 4.74 Å². The van der Waals surface area contributed by atoms with E-state index in [1.807, 2.05) is 18.2 Å². The van der Waals surface area contributed by atoms with E-state index in [2.05, 4.69) is 0 Å². The van der Waals surface area contributed by atoms with Crippen molar-refractivity contribution in [3.63, 3.8) is 0 Å². The molecule has 0 bridgehead atoms. The predicted molar refractivity (Wildman–Crippen MR) is 119 cm³/mol. The molecule has 2 aromatic rings. The lowest BCUT2D eigenvalue weighted by atomic mass is 9.81. The van der Waals surface area contributed by atoms with Crippen LogP contribution in [0.2, 0.25) is 0 Å². The van der Waals surface area contributed by atoms with Gasteiger partial charge in [0.1, 0.15) is 10.6 Å². The van der Waals surface area contributed by atoms with Crippen LogP contribution in [-0.4, -0.2) is 38.8 Å². The summed E-state index contributed by atoms with van der Waals surface area (Å²) in [5.74, 6) is -0.467. The number of benzene rings is 2. The van der Waals surface area contributed by atoms with Crippen LogP contribution in [-0.2, 0) is 32.6 Å². The van der Waals surface area contributed by atoms with E-state index in [1.54, 1.807) is 18.2 Å². The number of carbonyl (C=O) groups excluding carboxylic acids is 2. The third kappa shape index (κ3) is 3.28. The highest BCUT2D eigenvalue weighted by Gasteiger charge is 2.48. The molecule has 1 saturated heterocycles. The Balaban J connectivity index is 1.47. The van der Waals surface area contributed by atoms with Crippen molar-refractivity contribution < 1.29 is 22.7 Å². The Labute approximate surface area is 188 Å². The van der Waals surface area contributed by atoms with E-state index < -0.39 is 10.0 Å². The summed E-state index contributed by atoms with van der Waals surface area (Å²) in [7, 11) is -2.44. The molecule has 0 N–H and O–H groups in total. The molecule has 2 aromatic carbocycles. The van der Waals surface area contributed by atoms with E-state index in [9.17, 15) is 18.0 Å². The summed E-state index contributed by atoms with van der Waals surface area (Å²) in [5, 5.41) is 0. The van der Waals surface area contributed by atoms with Crippen LogP contribution in [0.5, 0.6) is 5.75 Å². The van der Waals surface area contributed by atoms with Crippen LogP contribution in [0, 0.1) is 11.8 Å². The number of ether oxygens (including phenoxy) is 1. The monoisotopic (exact) mass is 454 g/mol. The van der Waals surface area contributed by atoms with Crippen molar-refractivity contribution in [2.24, 2.45) is 11.8 Å². The minimum atomic E-state index is -3.88. The summed E-state index contributed by atoms with van der Waals surface area (Å²) in [6.07, 6.45) is 4.09. The molecule has 1 saturated carbocycles. The minimum Gasteiger partial charge on any atom is -0.495 e. The summed E-state index contributed by atoms with van der Waals surface area (Å²) in [4.78, 5) is 27.1. The first-order chi connectivity index (χ1) is 15.4. The van der Waals surface area contributed by atoms with Gasteiger partial charge in [0.05, 0.1) is 31.2 Å². The summed E-state index contributed by atoms with van der Waals surface area (Å²) < 4.78 is 34.0. The Morgan fingerprint density at radius 3 is 2.38 bits per heavy atom. The molecule has 8 heteroatoms. The first-order valence-electron chi connectivity index (χ1n) is 11.0. The van der Waals surface area contributed by atoms with Gasteiger partial charge in [-0.25, -0.2) is 8.42 Å². The van der Waals surface area contributed by atoms with Gasteiger partial charge in [0.2, 0.25) is 11.8 Å². The molecule has 2 aliphatic heterocycles. The van der Waals surface area contributed by atoms with Gasteiger partial charge in [-0.1, -0.05) is 37.1 Å². The highest BCUT2D eigenvalue weighted by atomic mass is 32.2. The molecule has 0 unspecified atom stereocenters. The second-order valence-corrected chi connectivity index (χ2v) is 10.5. The number of likely N-dealkylation sites (tertiary alicyclic amines) is 1. The standard InChI is InChI=1S/C24H26N2O5S/c1-31-21-11-10-16(15-25-23(27)18-7-3-4-8-19(18)24(25)28)14-22(21)32(29,30)26-13-12-17-6-2-5-9-20(17)26/h2,5-6,9-11,14,18-19H,3-4,7-8,12-13,15H2,1H3/t18-,19+. The number of imide groups is 1. The average Bonchev–Trinajstić information content (AvgIpc) is 3.35. The van der Waals surface area contributed by atoms with E-state index in [0.717, 1.165) is 31.2 Å². The summed E-state index contributed by atoms with van der Waals surface area (Å²) in [6.45, 7) is 0.440. The van der Waals surface area contributed by atoms with E-state index in [-0.39, 0.29) is 40.8 Å². The molecule has 7 nitrogen and oxygen atoms in total. The fraction of sp³-hybridized carbons (Fsp3) is 0.417. The maximum absolute atomic E-state index is 13.6. The normalized spacial score (nSPS) is 22.8. The molecule has 0 aromatic heterocycles. The largest absolute Gasteiger partial charge is 0.495 e. The van der Waals surface area contributed by atoms with Crippen molar-refractivity contribution in [3.8, 4) is 5.75 Å². The zero-order chi connectivity index (χ0) is 22.5. The molecule has 5 rings (SSSR count). The Morgan fingerprint density at radius 2 is 1.69 bits per heavy atom. The summed E-state index contributed by atoms with van der Waals surface area (Å²) in [6, 6.07) is 12.3. The van der Waals surface area contributed by atoms with Crippen molar-refractivity contribution in [2.75, 3.05) is 18.0 Å². The maximum atomic E-state index is 13.6. The number of hydrogen-bond acceptors (Lipinski definition) is 5. The van der Waals surface area contributed by atoms with Gasteiger partial charge >= 0.3 is 0 Å². The highest BCUT2D eigenvalue weighted by molar-refractivity contribution is 7.93. The fourth-order valence-electron chi connectivity index (χ4n) is 5.27. The topological polar surface area (TPSA) is 84.0 Å². The molecular formula is C24H26N2O5S. The molecule has 2 heterocycles. The number of fused-ring (bicyclic) bond motifs is 2. The smallest absolute Gasteiger partial charge is 0.268 e. The lowest BCUT2D eigenvalue weighted by molar-refractivity contribution is -0.140. The van der Waals surface area contributed by atoms with Gasteiger partial charge < -0.3 is 4.74 Å². The number of hydrogen-bond donors (Lipinski definition) is 0. The molecule has 32 heavy (non-hydrogen) atoms. The predicted octanol–water partition coefficient (Wildman–Crippen LogP) is 3.12. The third-order valence-electron chi connectivity index (χ3n) is 6.91. The van der Waals surface area contributed by atoms with Gasteiger partial charge in [0, 0.05) is 6.54 Å². The lowest BCUT2D eigenvalue weighted by Gasteiger charge is -2.22. The van der Waals surface area contributed by atoms with Crippen molar-refractivity contribution in [2.45, 2.75) is 43.5 Å². The Kier molecular flexibility index (Phi) is 5.20. The summed E-state index contributed by atoms with van der Waals surface area (Å²) >= 11 is 0. The number of anilines is 1. The fourth-order valence-corrected chi connectivity index (χ4v) is 6.98. The Bertz CT molecular complexity index is 1170. The summed E-state index contributed by atoms with van der Waals surface area (Å²) in [5.41, 5.74) is 2.26. The average molecular weight is 455 g/mol. The van der Waals surface area contributed by atoms with Crippen LogP contribution in [0.3, 0.4) is 0 Å². The van der Waals surface area contributed by atoms with Gasteiger partial charge in [-0.2, -0.15) is 0 Å². The SMILES string of the molecule is COc1ccc(CN2C(=O)[C@H]3CCCC[C@H]3C2=O)cc1S(=O)(=O)N1CCc2ccccc21.